The highest BCUT2D eigenvalue weighted by Gasteiger charge is 2.30. The van der Waals surface area contributed by atoms with Crippen molar-refractivity contribution in [1.82, 2.24) is 5.32 Å². The zero-order valence-corrected chi connectivity index (χ0v) is 12.6. The van der Waals surface area contributed by atoms with E-state index < -0.39 is 0 Å². The minimum Gasteiger partial charge on any atom is -0.383 e. The summed E-state index contributed by atoms with van der Waals surface area (Å²) in [5.41, 5.74) is 2.99. The number of nitrogens with zero attached hydrogens (tertiary/aromatic N) is 1. The van der Waals surface area contributed by atoms with Crippen LogP contribution < -0.4 is 15.5 Å². The Morgan fingerprint density at radius 1 is 1.50 bits per heavy atom. The van der Waals surface area contributed by atoms with Gasteiger partial charge in [0.25, 0.3) is 0 Å². The molecule has 2 rings (SSSR count). The lowest BCUT2D eigenvalue weighted by molar-refractivity contribution is -0.117. The Morgan fingerprint density at radius 3 is 2.90 bits per heavy atom. The average Bonchev–Trinajstić information content (AvgIpc) is 2.74. The summed E-state index contributed by atoms with van der Waals surface area (Å²) in [6.45, 7) is 5.54. The molecule has 1 aliphatic rings. The van der Waals surface area contributed by atoms with Gasteiger partial charge in [-0.1, -0.05) is 13.0 Å². The molecule has 20 heavy (non-hydrogen) atoms. The zero-order chi connectivity index (χ0) is 14.7. The van der Waals surface area contributed by atoms with Gasteiger partial charge in [0.05, 0.1) is 6.61 Å². The van der Waals surface area contributed by atoms with Crippen LogP contribution in [0.5, 0.6) is 0 Å². The van der Waals surface area contributed by atoms with Crippen LogP contribution in [0.15, 0.2) is 18.2 Å². The number of methoxy groups -OCH3 is 1. The molecule has 1 amide bonds. The Kier molecular flexibility index (Phi) is 4.62. The predicted molar refractivity (Wildman–Crippen MR) is 81.2 cm³/mol. The number of ether oxygens (including phenoxy) is 1. The molecule has 0 saturated heterocycles. The minimum absolute atomic E-state index is 0.0200. The lowest BCUT2D eigenvalue weighted by Crippen LogP contribution is -2.32. The van der Waals surface area contributed by atoms with E-state index in [9.17, 15) is 4.79 Å². The molecule has 0 fully saturated rings. The van der Waals surface area contributed by atoms with Crippen molar-refractivity contribution in [2.75, 3.05) is 37.5 Å². The van der Waals surface area contributed by atoms with Crippen molar-refractivity contribution in [2.24, 2.45) is 0 Å². The van der Waals surface area contributed by atoms with Crippen molar-refractivity contribution in [3.05, 3.63) is 23.8 Å². The molecule has 0 aliphatic carbocycles. The molecule has 110 valence electrons. The van der Waals surface area contributed by atoms with E-state index in [4.69, 9.17) is 4.74 Å². The first kappa shape index (κ1) is 14.8. The second kappa shape index (κ2) is 6.24. The topological polar surface area (TPSA) is 53.6 Å². The molecule has 1 aromatic rings. The van der Waals surface area contributed by atoms with E-state index in [1.54, 1.807) is 7.11 Å². The van der Waals surface area contributed by atoms with Crippen molar-refractivity contribution < 1.29 is 9.53 Å². The molecule has 2 N–H and O–H groups in total. The van der Waals surface area contributed by atoms with Gasteiger partial charge in [0, 0.05) is 37.1 Å². The third-order valence-corrected chi connectivity index (χ3v) is 3.75. The molecule has 0 saturated carbocycles. The van der Waals surface area contributed by atoms with E-state index in [1.807, 2.05) is 26.1 Å². The summed E-state index contributed by atoms with van der Waals surface area (Å²) in [4.78, 5) is 14.1. The number of benzene rings is 1. The van der Waals surface area contributed by atoms with Gasteiger partial charge in [-0.3, -0.25) is 4.79 Å². The van der Waals surface area contributed by atoms with Crippen LogP contribution in [0.4, 0.5) is 11.4 Å². The van der Waals surface area contributed by atoms with E-state index in [-0.39, 0.29) is 18.0 Å². The van der Waals surface area contributed by atoms with Gasteiger partial charge in [0.1, 0.15) is 6.04 Å². The van der Waals surface area contributed by atoms with Crippen LogP contribution in [0.2, 0.25) is 0 Å². The monoisotopic (exact) mass is 277 g/mol. The molecule has 0 radical (unpaired) electrons. The maximum absolute atomic E-state index is 11.9. The van der Waals surface area contributed by atoms with Crippen molar-refractivity contribution in [2.45, 2.75) is 25.9 Å². The molecule has 1 aliphatic heterocycles. The number of anilines is 2. The average molecular weight is 277 g/mol. The van der Waals surface area contributed by atoms with Gasteiger partial charge in [-0.2, -0.15) is 0 Å². The van der Waals surface area contributed by atoms with Crippen LogP contribution in [0.1, 0.15) is 25.5 Å². The molecule has 1 aromatic carbocycles. The van der Waals surface area contributed by atoms with Gasteiger partial charge in [-0.15, -0.1) is 0 Å². The van der Waals surface area contributed by atoms with Gasteiger partial charge >= 0.3 is 0 Å². The third-order valence-electron chi connectivity index (χ3n) is 3.75. The first-order valence-corrected chi connectivity index (χ1v) is 6.98. The maximum atomic E-state index is 11.9. The van der Waals surface area contributed by atoms with Crippen LogP contribution >= 0.6 is 0 Å². The highest BCUT2D eigenvalue weighted by Crippen LogP contribution is 2.34. The Morgan fingerprint density at radius 2 is 2.25 bits per heavy atom. The molecule has 5 heteroatoms. The molecule has 5 nitrogen and oxygen atoms in total. The maximum Gasteiger partial charge on any atom is 0.246 e. The summed E-state index contributed by atoms with van der Waals surface area (Å²) in [5.74, 6) is 0.0200. The minimum atomic E-state index is -0.231. The zero-order valence-electron chi connectivity index (χ0n) is 12.6. The Bertz CT molecular complexity index is 490. The fraction of sp³-hybridized carbons (Fsp3) is 0.533. The standard InChI is InChI=1S/C15H23N3O2/c1-5-16-14-12-7-6-11(8-13(12)17-15(14)19)18(3)10(2)9-20-4/h6-8,10,14,16H,5,9H2,1-4H3,(H,17,19). The van der Waals surface area contributed by atoms with Gasteiger partial charge in [-0.25, -0.2) is 0 Å². The lowest BCUT2D eigenvalue weighted by Gasteiger charge is -2.27. The number of rotatable bonds is 6. The first-order valence-electron chi connectivity index (χ1n) is 6.98. The number of carbonyl (C=O) groups is 1. The van der Waals surface area contributed by atoms with Crippen LogP contribution in [0, 0.1) is 0 Å². The lowest BCUT2D eigenvalue weighted by atomic mass is 10.1. The van der Waals surface area contributed by atoms with Crippen molar-refractivity contribution in [3.8, 4) is 0 Å². The van der Waals surface area contributed by atoms with E-state index >= 15 is 0 Å². The van der Waals surface area contributed by atoms with E-state index in [2.05, 4.69) is 28.5 Å². The number of nitrogens with one attached hydrogen (secondary N) is 2. The number of hydrogen-bond donors (Lipinski definition) is 2. The predicted octanol–water partition coefficient (Wildman–Crippen LogP) is 1.76. The van der Waals surface area contributed by atoms with Gasteiger partial charge < -0.3 is 20.3 Å². The largest absolute Gasteiger partial charge is 0.383 e. The molecule has 2 unspecified atom stereocenters. The molecular weight excluding hydrogens is 254 g/mol. The van der Waals surface area contributed by atoms with Crippen LogP contribution in [0.25, 0.3) is 0 Å². The van der Waals surface area contributed by atoms with Crippen LogP contribution in [-0.4, -0.2) is 39.3 Å². The Labute approximate surface area is 120 Å². The van der Waals surface area contributed by atoms with E-state index in [0.29, 0.717) is 6.61 Å². The number of likely N-dealkylation sites (N-methyl/N-ethyl adjacent to an activating group) is 2. The summed E-state index contributed by atoms with van der Waals surface area (Å²) in [5, 5.41) is 6.14. The van der Waals surface area contributed by atoms with E-state index in [0.717, 1.165) is 23.5 Å². The first-order chi connectivity index (χ1) is 9.58. The molecule has 1 heterocycles. The number of amides is 1. The summed E-state index contributed by atoms with van der Waals surface area (Å²) in [6.07, 6.45) is 0. The van der Waals surface area contributed by atoms with Crippen molar-refractivity contribution in [1.29, 1.82) is 0 Å². The Hall–Kier alpha value is -1.59. The van der Waals surface area contributed by atoms with Gasteiger partial charge in [-0.05, 0) is 25.6 Å². The second-order valence-corrected chi connectivity index (χ2v) is 5.17. The summed E-state index contributed by atoms with van der Waals surface area (Å²) in [7, 11) is 3.73. The van der Waals surface area contributed by atoms with E-state index in [1.165, 1.54) is 0 Å². The second-order valence-electron chi connectivity index (χ2n) is 5.17. The molecule has 0 aromatic heterocycles. The molecule has 0 spiro atoms. The molecule has 2 atom stereocenters. The normalized spacial score (nSPS) is 18.6. The summed E-state index contributed by atoms with van der Waals surface area (Å²) < 4.78 is 5.18. The number of hydrogen-bond acceptors (Lipinski definition) is 4. The smallest absolute Gasteiger partial charge is 0.246 e. The van der Waals surface area contributed by atoms with Gasteiger partial charge in [0.2, 0.25) is 5.91 Å². The van der Waals surface area contributed by atoms with Gasteiger partial charge in [0.15, 0.2) is 0 Å². The summed E-state index contributed by atoms with van der Waals surface area (Å²) in [6, 6.07) is 6.14. The SMILES string of the molecule is CCNC1C(=O)Nc2cc(N(C)C(C)COC)ccc21. The fourth-order valence-electron chi connectivity index (χ4n) is 2.48. The van der Waals surface area contributed by atoms with Crippen LogP contribution in [0.3, 0.4) is 0 Å². The van der Waals surface area contributed by atoms with Crippen LogP contribution in [-0.2, 0) is 9.53 Å². The molecular formula is C15H23N3O2. The fourth-order valence-corrected chi connectivity index (χ4v) is 2.48. The Balaban J connectivity index is 2.21. The highest BCUT2D eigenvalue weighted by atomic mass is 16.5. The number of carbonyl (C=O) groups excluding carboxylic acids is 1. The quantitative estimate of drug-likeness (QED) is 0.832. The number of fused-ring (bicyclic) bond motifs is 1. The van der Waals surface area contributed by atoms with Crippen molar-refractivity contribution in [3.63, 3.8) is 0 Å². The molecule has 0 bridgehead atoms. The summed E-state index contributed by atoms with van der Waals surface area (Å²) >= 11 is 0. The van der Waals surface area contributed by atoms with Crippen molar-refractivity contribution >= 4 is 17.3 Å². The highest BCUT2D eigenvalue weighted by molar-refractivity contribution is 6.03. The third kappa shape index (κ3) is 2.78.